The van der Waals surface area contributed by atoms with Gasteiger partial charge in [0.1, 0.15) is 11.3 Å². The van der Waals surface area contributed by atoms with Crippen LogP contribution in [0.1, 0.15) is 53.3 Å². The molecule has 0 unspecified atom stereocenters. The Morgan fingerprint density at radius 3 is 2.45 bits per heavy atom. The summed E-state index contributed by atoms with van der Waals surface area (Å²) < 4.78 is 6.06. The fourth-order valence-electron chi connectivity index (χ4n) is 4.41. The lowest BCUT2D eigenvalue weighted by molar-refractivity contribution is 0.0608. The van der Waals surface area contributed by atoms with E-state index in [-0.39, 0.29) is 11.8 Å². The maximum absolute atomic E-state index is 13.2. The number of nitrogens with zero attached hydrogens (tertiary/aromatic N) is 1. The summed E-state index contributed by atoms with van der Waals surface area (Å²) in [5.41, 5.74) is 2.74. The summed E-state index contributed by atoms with van der Waals surface area (Å²) in [4.78, 5) is 27.7. The van der Waals surface area contributed by atoms with Crippen molar-refractivity contribution in [3.63, 3.8) is 0 Å². The number of unbranched alkanes of at least 4 members (excludes halogenated alkanes) is 3. The summed E-state index contributed by atoms with van der Waals surface area (Å²) in [6, 6.07) is 16.8. The van der Waals surface area contributed by atoms with Gasteiger partial charge >= 0.3 is 0 Å². The van der Waals surface area contributed by atoms with Gasteiger partial charge in [-0.1, -0.05) is 49.9 Å². The molecule has 0 spiro atoms. The Bertz CT molecular complexity index is 1320. The summed E-state index contributed by atoms with van der Waals surface area (Å²) in [6.45, 7) is 2.60. The molecule has 4 nitrogen and oxygen atoms in total. The molecule has 2 heterocycles. The number of hydrogen-bond acceptors (Lipinski definition) is 3. The number of imide groups is 1. The van der Waals surface area contributed by atoms with E-state index >= 15 is 0 Å². The fraction of sp³-hybridized carbons (Fsp3) is 0.231. The summed E-state index contributed by atoms with van der Waals surface area (Å²) in [5.74, 6) is 0.254. The van der Waals surface area contributed by atoms with Crippen LogP contribution in [0.3, 0.4) is 0 Å². The molecule has 0 radical (unpaired) electrons. The molecule has 2 amide bonds. The third-order valence-electron chi connectivity index (χ3n) is 5.97. The number of benzene rings is 3. The highest BCUT2D eigenvalue weighted by Gasteiger charge is 2.33. The van der Waals surface area contributed by atoms with Gasteiger partial charge in [-0.05, 0) is 54.3 Å². The molecule has 1 aromatic heterocycles. The molecule has 4 aromatic rings. The zero-order valence-corrected chi connectivity index (χ0v) is 18.0. The van der Waals surface area contributed by atoms with Crippen molar-refractivity contribution in [2.45, 2.75) is 32.6 Å². The Morgan fingerprint density at radius 1 is 0.871 bits per heavy atom. The average Bonchev–Trinajstić information content (AvgIpc) is 3.19. The number of fused-ring (bicyclic) bond motifs is 1. The Balaban J connectivity index is 1.60. The van der Waals surface area contributed by atoms with Crippen LogP contribution in [0.25, 0.3) is 33.1 Å². The highest BCUT2D eigenvalue weighted by Crippen LogP contribution is 2.38. The van der Waals surface area contributed by atoms with Crippen LogP contribution < -0.4 is 0 Å². The first-order chi connectivity index (χ1) is 15.1. The topological polar surface area (TPSA) is 50.5 Å². The van der Waals surface area contributed by atoms with Crippen LogP contribution in [0.5, 0.6) is 0 Å². The van der Waals surface area contributed by atoms with E-state index < -0.39 is 0 Å². The van der Waals surface area contributed by atoms with E-state index in [0.717, 1.165) is 47.6 Å². The van der Waals surface area contributed by atoms with Crippen molar-refractivity contribution >= 4 is 45.2 Å². The van der Waals surface area contributed by atoms with Gasteiger partial charge in [0.25, 0.3) is 11.8 Å². The minimum Gasteiger partial charge on any atom is -0.456 e. The number of hydrogen-bond donors (Lipinski definition) is 0. The Kier molecular flexibility index (Phi) is 5.03. The maximum Gasteiger partial charge on any atom is 0.261 e. The number of halogens is 1. The molecule has 0 N–H and O–H groups in total. The molecule has 0 aliphatic carbocycles. The SMILES string of the molecule is CCCCCCN1C(=O)c2cccc3c(-c4cc5cc(Cl)ccc5o4)ccc(c23)C1=O. The number of carbonyl (C=O) groups excluding carboxylic acids is 2. The number of carbonyl (C=O) groups is 2. The van der Waals surface area contributed by atoms with Gasteiger partial charge in [0, 0.05) is 39.0 Å². The maximum atomic E-state index is 13.2. The van der Waals surface area contributed by atoms with Gasteiger partial charge in [-0.15, -0.1) is 0 Å². The van der Waals surface area contributed by atoms with Crippen molar-refractivity contribution < 1.29 is 14.0 Å². The van der Waals surface area contributed by atoms with E-state index in [1.807, 2.05) is 48.5 Å². The first-order valence-corrected chi connectivity index (χ1v) is 11.1. The van der Waals surface area contributed by atoms with E-state index in [9.17, 15) is 9.59 Å². The lowest BCUT2D eigenvalue weighted by atomic mass is 9.90. The highest BCUT2D eigenvalue weighted by atomic mass is 35.5. The smallest absolute Gasteiger partial charge is 0.261 e. The van der Waals surface area contributed by atoms with E-state index in [2.05, 4.69) is 6.92 Å². The van der Waals surface area contributed by atoms with Crippen LogP contribution >= 0.6 is 11.6 Å². The van der Waals surface area contributed by atoms with Crippen molar-refractivity contribution in [2.24, 2.45) is 0 Å². The minimum absolute atomic E-state index is 0.215. The first kappa shape index (κ1) is 19.8. The predicted molar refractivity (Wildman–Crippen MR) is 124 cm³/mol. The van der Waals surface area contributed by atoms with Crippen molar-refractivity contribution in [2.75, 3.05) is 6.54 Å². The third kappa shape index (κ3) is 3.31. The predicted octanol–water partition coefficient (Wildman–Crippen LogP) is 7.08. The zero-order valence-electron chi connectivity index (χ0n) is 17.3. The highest BCUT2D eigenvalue weighted by molar-refractivity contribution is 6.31. The molecule has 0 saturated carbocycles. The standard InChI is InChI=1S/C26H22ClNO3/c1-2-3-4-5-13-28-25(29)20-8-6-7-19-18(10-11-21(24(19)20)26(28)30)23-15-16-14-17(27)9-12-22(16)31-23/h6-12,14-15H,2-5,13H2,1H3. The number of rotatable bonds is 6. The van der Waals surface area contributed by atoms with Crippen molar-refractivity contribution in [1.29, 1.82) is 0 Å². The normalized spacial score (nSPS) is 13.5. The van der Waals surface area contributed by atoms with Crippen molar-refractivity contribution in [3.8, 4) is 11.3 Å². The van der Waals surface area contributed by atoms with Crippen molar-refractivity contribution in [1.82, 2.24) is 4.90 Å². The lowest BCUT2D eigenvalue weighted by Gasteiger charge is -2.27. The summed E-state index contributed by atoms with van der Waals surface area (Å²) >= 11 is 6.12. The van der Waals surface area contributed by atoms with Gasteiger partial charge in [0.15, 0.2) is 0 Å². The van der Waals surface area contributed by atoms with Gasteiger partial charge in [-0.25, -0.2) is 0 Å². The molecule has 1 aliphatic heterocycles. The van der Waals surface area contributed by atoms with E-state index in [0.29, 0.717) is 33.8 Å². The van der Waals surface area contributed by atoms with Gasteiger partial charge < -0.3 is 4.42 Å². The quantitative estimate of drug-likeness (QED) is 0.242. The lowest BCUT2D eigenvalue weighted by Crippen LogP contribution is -2.40. The molecule has 5 heteroatoms. The molecule has 31 heavy (non-hydrogen) atoms. The van der Waals surface area contributed by atoms with E-state index in [4.69, 9.17) is 16.0 Å². The van der Waals surface area contributed by atoms with Gasteiger partial charge in [0.2, 0.25) is 0 Å². The molecular weight excluding hydrogens is 410 g/mol. The molecule has 0 atom stereocenters. The Morgan fingerprint density at radius 2 is 1.65 bits per heavy atom. The zero-order chi connectivity index (χ0) is 21.5. The molecular formula is C26H22ClNO3. The van der Waals surface area contributed by atoms with Gasteiger partial charge in [0.05, 0.1) is 0 Å². The van der Waals surface area contributed by atoms with Gasteiger partial charge in [-0.2, -0.15) is 0 Å². The molecule has 5 rings (SSSR count). The second-order valence-corrected chi connectivity index (χ2v) is 8.44. The third-order valence-corrected chi connectivity index (χ3v) is 6.21. The average molecular weight is 432 g/mol. The molecule has 0 fully saturated rings. The molecule has 0 saturated heterocycles. The number of amides is 2. The van der Waals surface area contributed by atoms with Gasteiger partial charge in [-0.3, -0.25) is 14.5 Å². The van der Waals surface area contributed by atoms with Crippen LogP contribution in [-0.4, -0.2) is 23.3 Å². The Hall–Kier alpha value is -3.11. The molecule has 0 bridgehead atoms. The van der Waals surface area contributed by atoms with Crippen LogP contribution in [0.15, 0.2) is 59.0 Å². The summed E-state index contributed by atoms with van der Waals surface area (Å²) in [6.07, 6.45) is 4.06. The molecule has 3 aromatic carbocycles. The number of furan rings is 1. The van der Waals surface area contributed by atoms with Crippen molar-refractivity contribution in [3.05, 3.63) is 70.7 Å². The van der Waals surface area contributed by atoms with E-state index in [1.165, 1.54) is 4.90 Å². The molecule has 156 valence electrons. The van der Waals surface area contributed by atoms with Crippen LogP contribution in [-0.2, 0) is 0 Å². The van der Waals surface area contributed by atoms with Crippen LogP contribution in [0.2, 0.25) is 5.02 Å². The second kappa shape index (κ2) is 7.86. The molecule has 1 aliphatic rings. The monoisotopic (exact) mass is 431 g/mol. The largest absolute Gasteiger partial charge is 0.456 e. The van der Waals surface area contributed by atoms with Crippen LogP contribution in [0.4, 0.5) is 0 Å². The van der Waals surface area contributed by atoms with Crippen LogP contribution in [0, 0.1) is 0 Å². The summed E-state index contributed by atoms with van der Waals surface area (Å²) in [5, 5.41) is 3.10. The van der Waals surface area contributed by atoms with E-state index in [1.54, 1.807) is 6.07 Å². The second-order valence-electron chi connectivity index (χ2n) is 8.00. The Labute approximate surface area is 185 Å². The minimum atomic E-state index is -0.215. The summed E-state index contributed by atoms with van der Waals surface area (Å²) in [7, 11) is 0. The fourth-order valence-corrected chi connectivity index (χ4v) is 4.59. The first-order valence-electron chi connectivity index (χ1n) is 10.7.